The summed E-state index contributed by atoms with van der Waals surface area (Å²) in [5.74, 6) is 0. The summed E-state index contributed by atoms with van der Waals surface area (Å²) < 4.78 is 76.6. The Bertz CT molecular complexity index is 1140. The van der Waals surface area contributed by atoms with Gasteiger partial charge in [-0.1, -0.05) is 99.2 Å². The Balaban J connectivity index is 1.15. The van der Waals surface area contributed by atoms with Gasteiger partial charge in [0.15, 0.2) is 0 Å². The zero-order chi connectivity index (χ0) is 45.2. The number of benzene rings is 2. The molecule has 370 valence electrons. The van der Waals surface area contributed by atoms with Gasteiger partial charge in [0.05, 0.1) is 172 Å². The molecule has 2 aromatic carbocycles. The molecule has 15 heteroatoms. The molecular formula is C49H85O14P. The van der Waals surface area contributed by atoms with Crippen LogP contribution in [-0.2, 0) is 66.3 Å². The van der Waals surface area contributed by atoms with E-state index in [-0.39, 0.29) is 7.92 Å². The van der Waals surface area contributed by atoms with Gasteiger partial charge in [0.1, 0.15) is 0 Å². The summed E-state index contributed by atoms with van der Waals surface area (Å²) in [5.41, 5.74) is 0. The van der Waals surface area contributed by atoms with Gasteiger partial charge >= 0.3 is 0 Å². The summed E-state index contributed by atoms with van der Waals surface area (Å²) in [7, 11) is 1.39. The maximum absolute atomic E-state index is 5.74. The minimum Gasteiger partial charge on any atom is -0.382 e. The van der Waals surface area contributed by atoms with E-state index in [2.05, 4.69) is 60.7 Å². The molecule has 0 aromatic heterocycles. The van der Waals surface area contributed by atoms with E-state index in [4.69, 9.17) is 66.3 Å². The molecule has 0 atom stereocenters. The fraction of sp³-hybridized carbons (Fsp3) is 0.755. The van der Waals surface area contributed by atoms with E-state index in [9.17, 15) is 0 Å². The van der Waals surface area contributed by atoms with Gasteiger partial charge in [0, 0.05) is 13.7 Å². The van der Waals surface area contributed by atoms with E-state index in [1.807, 2.05) is 0 Å². The van der Waals surface area contributed by atoms with Crippen LogP contribution in [0.15, 0.2) is 60.7 Å². The Morgan fingerprint density at radius 1 is 0.250 bits per heavy atom. The summed E-state index contributed by atoms with van der Waals surface area (Å²) in [4.78, 5) is 0. The molecule has 0 radical (unpaired) electrons. The van der Waals surface area contributed by atoms with Gasteiger partial charge in [0.2, 0.25) is 0 Å². The van der Waals surface area contributed by atoms with Crippen molar-refractivity contribution in [1.29, 1.82) is 0 Å². The molecule has 2 aromatic rings. The fourth-order valence-corrected chi connectivity index (χ4v) is 8.46. The highest BCUT2D eigenvalue weighted by molar-refractivity contribution is 7.73. The summed E-state index contributed by atoms with van der Waals surface area (Å²) in [6.45, 7) is 14.7. The normalized spacial score (nSPS) is 11.7. The van der Waals surface area contributed by atoms with Crippen molar-refractivity contribution in [2.75, 3.05) is 192 Å². The average Bonchev–Trinajstić information content (AvgIpc) is 3.32. The van der Waals surface area contributed by atoms with Crippen LogP contribution in [0.3, 0.4) is 0 Å². The van der Waals surface area contributed by atoms with Crippen LogP contribution in [-0.4, -0.2) is 192 Å². The molecule has 0 fully saturated rings. The van der Waals surface area contributed by atoms with Gasteiger partial charge in [0.25, 0.3) is 0 Å². The number of unbranched alkanes of at least 4 members (excludes halogenated alkanes) is 7. The number of ether oxygens (including phenoxy) is 14. The van der Waals surface area contributed by atoms with Crippen LogP contribution >= 0.6 is 7.92 Å². The topological polar surface area (TPSA) is 129 Å². The predicted octanol–water partition coefficient (Wildman–Crippen LogP) is 6.10. The monoisotopic (exact) mass is 929 g/mol. The number of hydrogen-bond acceptors (Lipinski definition) is 14. The fourth-order valence-electron chi connectivity index (χ4n) is 6.04. The standard InChI is InChI=1S/C49H85O14P/c1-50-21-22-52-25-26-54-29-30-56-33-34-58-37-38-60-41-42-62-45-46-63-44-43-61-40-39-59-36-35-57-32-31-55-28-27-53-24-23-51-20-14-6-4-2-3-5-7-15-47-64(48-16-10-8-11-17-48)49-18-12-9-13-19-49/h8-13,16-19H,2-7,14-15,20-47H2,1H3. The highest BCUT2D eigenvalue weighted by atomic mass is 31.1. The zero-order valence-corrected chi connectivity index (χ0v) is 40.3. The molecule has 0 aliphatic heterocycles. The van der Waals surface area contributed by atoms with Crippen molar-refractivity contribution in [3.05, 3.63) is 60.7 Å². The molecule has 0 saturated heterocycles. The molecule has 0 aliphatic rings. The molecule has 0 saturated carbocycles. The van der Waals surface area contributed by atoms with Crippen molar-refractivity contribution in [2.45, 2.75) is 51.4 Å². The molecule has 0 N–H and O–H groups in total. The van der Waals surface area contributed by atoms with E-state index >= 15 is 0 Å². The van der Waals surface area contributed by atoms with Crippen LogP contribution in [0.5, 0.6) is 0 Å². The molecule has 0 spiro atoms. The first-order valence-corrected chi connectivity index (χ1v) is 25.3. The smallest absolute Gasteiger partial charge is 0.0701 e. The molecule has 64 heavy (non-hydrogen) atoms. The molecule has 0 unspecified atom stereocenters. The molecular weight excluding hydrogens is 843 g/mol. The van der Waals surface area contributed by atoms with E-state index in [0.717, 1.165) is 13.0 Å². The maximum atomic E-state index is 5.74. The Kier molecular flexibility index (Phi) is 44.9. The third-order valence-electron chi connectivity index (χ3n) is 9.45. The molecule has 2 rings (SSSR count). The Hall–Kier alpha value is -1.69. The summed E-state index contributed by atoms with van der Waals surface area (Å²) in [6.07, 6.45) is 11.6. The van der Waals surface area contributed by atoms with Gasteiger partial charge in [-0.2, -0.15) is 0 Å². The van der Waals surface area contributed by atoms with E-state index in [1.54, 1.807) is 7.11 Å². The molecule has 0 bridgehead atoms. The summed E-state index contributed by atoms with van der Waals surface area (Å²) >= 11 is 0. The third-order valence-corrected chi connectivity index (χ3v) is 12.1. The SMILES string of the molecule is COCCOCCOCCOCCOCCOCCOCCOCCOCCOCCOCCOCCOCCOCCCCCCCCCCP(c1ccccc1)c1ccccc1. The number of methoxy groups -OCH3 is 1. The van der Waals surface area contributed by atoms with Gasteiger partial charge in [-0.05, 0) is 37.5 Å². The van der Waals surface area contributed by atoms with Crippen molar-refractivity contribution < 1.29 is 66.3 Å². The molecule has 0 aliphatic carbocycles. The Morgan fingerprint density at radius 3 is 0.734 bits per heavy atom. The van der Waals surface area contributed by atoms with Crippen LogP contribution in [0, 0.1) is 0 Å². The Morgan fingerprint density at radius 2 is 0.469 bits per heavy atom. The number of rotatable bonds is 52. The lowest BCUT2D eigenvalue weighted by Crippen LogP contribution is -2.15. The van der Waals surface area contributed by atoms with Crippen LogP contribution in [0.2, 0.25) is 0 Å². The highest BCUT2D eigenvalue weighted by Crippen LogP contribution is 2.34. The first-order valence-electron chi connectivity index (χ1n) is 23.8. The lowest BCUT2D eigenvalue weighted by molar-refractivity contribution is -0.0293. The Labute approximate surface area is 387 Å². The van der Waals surface area contributed by atoms with Crippen molar-refractivity contribution in [3.8, 4) is 0 Å². The molecule has 0 amide bonds. The minimum absolute atomic E-state index is 0.256. The van der Waals surface area contributed by atoms with E-state index < -0.39 is 0 Å². The summed E-state index contributed by atoms with van der Waals surface area (Å²) in [5, 5.41) is 2.99. The third kappa shape index (κ3) is 39.5. The second kappa shape index (κ2) is 49.2. The largest absolute Gasteiger partial charge is 0.382 e. The van der Waals surface area contributed by atoms with Crippen LogP contribution in [0.4, 0.5) is 0 Å². The van der Waals surface area contributed by atoms with Crippen LogP contribution < -0.4 is 10.6 Å². The highest BCUT2D eigenvalue weighted by Gasteiger charge is 2.12. The van der Waals surface area contributed by atoms with Gasteiger partial charge < -0.3 is 66.3 Å². The van der Waals surface area contributed by atoms with Gasteiger partial charge in [-0.15, -0.1) is 0 Å². The quantitative estimate of drug-likeness (QED) is 0.0560. The van der Waals surface area contributed by atoms with Crippen molar-refractivity contribution >= 4 is 18.5 Å². The lowest BCUT2D eigenvalue weighted by atomic mass is 10.1. The minimum atomic E-state index is -0.256. The van der Waals surface area contributed by atoms with Crippen molar-refractivity contribution in [3.63, 3.8) is 0 Å². The molecule has 0 heterocycles. The second-order valence-electron chi connectivity index (χ2n) is 14.6. The van der Waals surface area contributed by atoms with Crippen molar-refractivity contribution in [2.24, 2.45) is 0 Å². The van der Waals surface area contributed by atoms with E-state index in [1.165, 1.54) is 61.7 Å². The summed E-state index contributed by atoms with van der Waals surface area (Å²) in [6, 6.07) is 22.1. The first-order chi connectivity index (χ1) is 31.9. The maximum Gasteiger partial charge on any atom is 0.0701 e. The van der Waals surface area contributed by atoms with Crippen molar-refractivity contribution in [1.82, 2.24) is 0 Å². The number of hydrogen-bond donors (Lipinski definition) is 0. The lowest BCUT2D eigenvalue weighted by Gasteiger charge is -2.18. The van der Waals surface area contributed by atoms with E-state index in [0.29, 0.717) is 172 Å². The first kappa shape index (κ1) is 58.4. The van der Waals surface area contributed by atoms with Crippen LogP contribution in [0.25, 0.3) is 0 Å². The molecule has 14 nitrogen and oxygen atoms in total. The van der Waals surface area contributed by atoms with Gasteiger partial charge in [-0.3, -0.25) is 0 Å². The second-order valence-corrected chi connectivity index (χ2v) is 16.9. The van der Waals surface area contributed by atoms with Gasteiger partial charge in [-0.25, -0.2) is 0 Å². The zero-order valence-electron chi connectivity index (χ0n) is 39.4. The predicted molar refractivity (Wildman–Crippen MR) is 253 cm³/mol. The van der Waals surface area contributed by atoms with Crippen LogP contribution in [0.1, 0.15) is 51.4 Å². The average molecular weight is 929 g/mol.